The van der Waals surface area contributed by atoms with Crippen molar-refractivity contribution in [1.29, 1.82) is 5.26 Å². The summed E-state index contributed by atoms with van der Waals surface area (Å²) in [4.78, 5) is 15.9. The van der Waals surface area contributed by atoms with Crippen LogP contribution in [0.1, 0.15) is 23.6 Å². The summed E-state index contributed by atoms with van der Waals surface area (Å²) in [6, 6.07) is 9.84. The summed E-state index contributed by atoms with van der Waals surface area (Å²) >= 11 is 12.4. The second-order valence-corrected chi connectivity index (χ2v) is 6.93. The van der Waals surface area contributed by atoms with Crippen molar-refractivity contribution in [2.45, 2.75) is 19.4 Å². The van der Waals surface area contributed by atoms with Crippen molar-refractivity contribution in [2.24, 2.45) is 4.99 Å². The summed E-state index contributed by atoms with van der Waals surface area (Å²) in [5, 5.41) is 9.89. The van der Waals surface area contributed by atoms with Crippen LogP contribution in [0.2, 0.25) is 10.0 Å². The van der Waals surface area contributed by atoms with Crippen LogP contribution >= 0.6 is 23.2 Å². The summed E-state index contributed by atoms with van der Waals surface area (Å²) in [5.74, 6) is 1.20. The van der Waals surface area contributed by atoms with Crippen molar-refractivity contribution in [1.82, 2.24) is 10.9 Å². The minimum Gasteiger partial charge on any atom is -0.455 e. The summed E-state index contributed by atoms with van der Waals surface area (Å²) in [6.45, 7) is 5.57. The van der Waals surface area contributed by atoms with Gasteiger partial charge in [0.05, 0.1) is 16.7 Å². The van der Waals surface area contributed by atoms with E-state index in [0.29, 0.717) is 44.9 Å². The van der Waals surface area contributed by atoms with Crippen LogP contribution in [0.25, 0.3) is 6.08 Å². The zero-order valence-corrected chi connectivity index (χ0v) is 16.4. The second kappa shape index (κ2) is 8.34. The standard InChI is InChI=1S/C20H16Cl2N4O2/c1-3-16-13(8-18-24-11(2)20(27)26-25-18)4-5-17(22)19(16)28-15-7-12(10-23)6-14(21)9-15/h3-7,9,11H,1,8H2,2H3,(H,24,25)(H,26,27). The summed E-state index contributed by atoms with van der Waals surface area (Å²) < 4.78 is 5.95. The number of nitrogens with zero attached hydrogens (tertiary/aromatic N) is 2. The van der Waals surface area contributed by atoms with Gasteiger partial charge in [0.1, 0.15) is 17.6 Å². The third-order valence-corrected chi connectivity index (χ3v) is 4.60. The van der Waals surface area contributed by atoms with Crippen LogP contribution in [-0.4, -0.2) is 17.8 Å². The van der Waals surface area contributed by atoms with Crippen molar-refractivity contribution in [2.75, 3.05) is 0 Å². The average Bonchev–Trinajstić information content (AvgIpc) is 2.67. The molecule has 1 amide bonds. The normalized spacial score (nSPS) is 15.7. The number of carbonyl (C=O) groups is 1. The van der Waals surface area contributed by atoms with Gasteiger partial charge in [0.15, 0.2) is 5.75 Å². The Bertz CT molecular complexity index is 1030. The lowest BCUT2D eigenvalue weighted by molar-refractivity contribution is -0.122. The monoisotopic (exact) mass is 414 g/mol. The Morgan fingerprint density at radius 1 is 1.32 bits per heavy atom. The lowest BCUT2D eigenvalue weighted by atomic mass is 10.0. The zero-order valence-electron chi connectivity index (χ0n) is 14.9. The molecule has 8 heteroatoms. The highest BCUT2D eigenvalue weighted by Gasteiger charge is 2.20. The average molecular weight is 415 g/mol. The fraction of sp³-hybridized carbons (Fsp3) is 0.150. The maximum Gasteiger partial charge on any atom is 0.262 e. The van der Waals surface area contributed by atoms with Gasteiger partial charge in [-0.3, -0.25) is 20.6 Å². The van der Waals surface area contributed by atoms with E-state index in [-0.39, 0.29) is 5.91 Å². The molecule has 6 nitrogen and oxygen atoms in total. The van der Waals surface area contributed by atoms with Crippen LogP contribution < -0.4 is 15.6 Å². The Morgan fingerprint density at radius 3 is 2.79 bits per heavy atom. The number of rotatable bonds is 5. The smallest absolute Gasteiger partial charge is 0.262 e. The molecule has 3 rings (SSSR count). The largest absolute Gasteiger partial charge is 0.455 e. The van der Waals surface area contributed by atoms with Crippen molar-refractivity contribution in [3.8, 4) is 17.6 Å². The molecule has 0 saturated carbocycles. The summed E-state index contributed by atoms with van der Waals surface area (Å²) in [5.41, 5.74) is 7.28. The van der Waals surface area contributed by atoms with E-state index in [0.717, 1.165) is 5.56 Å². The molecule has 2 aromatic carbocycles. The van der Waals surface area contributed by atoms with Crippen molar-refractivity contribution >= 4 is 41.0 Å². The molecule has 1 heterocycles. The number of hydrogen-bond donors (Lipinski definition) is 2. The molecule has 1 aliphatic rings. The first-order chi connectivity index (χ1) is 13.4. The number of amides is 1. The van der Waals surface area contributed by atoms with Gasteiger partial charge in [-0.1, -0.05) is 41.9 Å². The predicted octanol–water partition coefficient (Wildman–Crippen LogP) is 4.26. The first-order valence-corrected chi connectivity index (χ1v) is 9.11. The molecule has 0 fully saturated rings. The van der Waals surface area contributed by atoms with Gasteiger partial charge in [-0.25, -0.2) is 0 Å². The van der Waals surface area contributed by atoms with Gasteiger partial charge in [-0.2, -0.15) is 5.26 Å². The number of carbonyl (C=O) groups excluding carboxylic acids is 1. The number of amidine groups is 1. The van der Waals surface area contributed by atoms with E-state index in [1.165, 1.54) is 0 Å². The molecule has 0 aromatic heterocycles. The maximum atomic E-state index is 11.5. The van der Waals surface area contributed by atoms with Gasteiger partial charge in [0.2, 0.25) is 0 Å². The molecule has 0 bridgehead atoms. The van der Waals surface area contributed by atoms with Crippen LogP contribution in [0.5, 0.6) is 11.5 Å². The van der Waals surface area contributed by atoms with E-state index in [1.807, 2.05) is 12.1 Å². The molecule has 142 valence electrons. The van der Waals surface area contributed by atoms with Crippen molar-refractivity contribution < 1.29 is 9.53 Å². The van der Waals surface area contributed by atoms with Gasteiger partial charge in [0, 0.05) is 17.0 Å². The first-order valence-electron chi connectivity index (χ1n) is 8.36. The minimum atomic E-state index is -0.470. The molecular weight excluding hydrogens is 399 g/mol. The van der Waals surface area contributed by atoms with Gasteiger partial charge in [-0.05, 0) is 36.8 Å². The van der Waals surface area contributed by atoms with Crippen LogP contribution in [0.3, 0.4) is 0 Å². The Hall–Kier alpha value is -3.01. The van der Waals surface area contributed by atoms with Crippen molar-refractivity contribution in [3.63, 3.8) is 0 Å². The zero-order chi connectivity index (χ0) is 20.3. The van der Waals surface area contributed by atoms with E-state index in [1.54, 1.807) is 37.3 Å². The maximum absolute atomic E-state index is 11.5. The van der Waals surface area contributed by atoms with Crippen LogP contribution in [-0.2, 0) is 11.2 Å². The van der Waals surface area contributed by atoms with Gasteiger partial charge < -0.3 is 4.74 Å². The van der Waals surface area contributed by atoms with E-state index in [2.05, 4.69) is 22.4 Å². The highest BCUT2D eigenvalue weighted by molar-refractivity contribution is 6.32. The minimum absolute atomic E-state index is 0.193. The summed E-state index contributed by atoms with van der Waals surface area (Å²) in [7, 11) is 0. The third-order valence-electron chi connectivity index (χ3n) is 4.08. The van der Waals surface area contributed by atoms with Crippen molar-refractivity contribution in [3.05, 3.63) is 63.6 Å². The van der Waals surface area contributed by atoms with E-state index >= 15 is 0 Å². The number of halogens is 2. The molecule has 28 heavy (non-hydrogen) atoms. The Balaban J connectivity index is 1.97. The van der Waals surface area contributed by atoms with E-state index in [9.17, 15) is 4.79 Å². The van der Waals surface area contributed by atoms with Gasteiger partial charge >= 0.3 is 0 Å². The molecule has 0 aliphatic carbocycles. The van der Waals surface area contributed by atoms with Gasteiger partial charge in [0.25, 0.3) is 5.91 Å². The molecule has 0 saturated heterocycles. The number of nitriles is 1. The van der Waals surface area contributed by atoms with E-state index in [4.69, 9.17) is 33.2 Å². The van der Waals surface area contributed by atoms with E-state index < -0.39 is 6.04 Å². The molecule has 2 aromatic rings. The van der Waals surface area contributed by atoms with Crippen LogP contribution in [0.4, 0.5) is 0 Å². The second-order valence-electron chi connectivity index (χ2n) is 6.09. The van der Waals surface area contributed by atoms with Crippen LogP contribution in [0.15, 0.2) is 41.9 Å². The van der Waals surface area contributed by atoms with Crippen LogP contribution in [0, 0.1) is 11.3 Å². The molecule has 1 atom stereocenters. The fourth-order valence-corrected chi connectivity index (χ4v) is 3.16. The number of benzene rings is 2. The molecular formula is C20H16Cl2N4O2. The number of ether oxygens (including phenoxy) is 1. The Labute approximate surface area is 172 Å². The topological polar surface area (TPSA) is 86.5 Å². The Morgan fingerprint density at radius 2 is 2.11 bits per heavy atom. The first kappa shape index (κ1) is 19.7. The quantitative estimate of drug-likeness (QED) is 0.764. The Kier molecular flexibility index (Phi) is 5.88. The predicted molar refractivity (Wildman–Crippen MR) is 110 cm³/mol. The molecule has 1 aliphatic heterocycles. The lowest BCUT2D eigenvalue weighted by Crippen LogP contribution is -2.50. The third kappa shape index (κ3) is 4.28. The molecule has 0 spiro atoms. The fourth-order valence-electron chi connectivity index (χ4n) is 2.73. The summed E-state index contributed by atoms with van der Waals surface area (Å²) in [6.07, 6.45) is 2.05. The number of hydrazine groups is 1. The molecule has 1 unspecified atom stereocenters. The SMILES string of the molecule is C=Cc1c(CC2=NC(C)C(=O)NN2)ccc(Cl)c1Oc1cc(Cl)cc(C#N)c1. The molecule has 0 radical (unpaired) electrons. The number of nitrogens with one attached hydrogen (secondary N) is 2. The number of hydrogen-bond acceptors (Lipinski definition) is 5. The number of aliphatic imine (C=N–C) groups is 1. The van der Waals surface area contributed by atoms with Gasteiger partial charge in [-0.15, -0.1) is 0 Å². The highest BCUT2D eigenvalue weighted by Crippen LogP contribution is 2.37. The molecule has 2 N–H and O–H groups in total. The lowest BCUT2D eigenvalue weighted by Gasteiger charge is -2.21. The highest BCUT2D eigenvalue weighted by atomic mass is 35.5.